The number of piperidine rings is 1. The van der Waals surface area contributed by atoms with Crippen LogP contribution in [0.1, 0.15) is 44.6 Å². The van der Waals surface area contributed by atoms with Crippen molar-refractivity contribution in [1.82, 2.24) is 15.1 Å². The van der Waals surface area contributed by atoms with Gasteiger partial charge >= 0.3 is 0 Å². The number of guanidine groups is 1. The SMILES string of the molecule is CCNC(=NCCCOC1CCN(Cc2ccccc2)CC1)N1CCC2(CCOC2)C1.I. The molecule has 1 aromatic rings. The van der Waals surface area contributed by atoms with Crippen molar-refractivity contribution >= 4 is 29.9 Å². The first-order chi connectivity index (χ1) is 15.3. The molecular formula is C25H41IN4O2. The molecule has 0 bridgehead atoms. The predicted molar refractivity (Wildman–Crippen MR) is 141 cm³/mol. The van der Waals surface area contributed by atoms with Crippen molar-refractivity contribution < 1.29 is 9.47 Å². The minimum absolute atomic E-state index is 0. The molecule has 3 heterocycles. The van der Waals surface area contributed by atoms with E-state index in [1.807, 2.05) is 0 Å². The van der Waals surface area contributed by atoms with E-state index in [9.17, 15) is 0 Å². The van der Waals surface area contributed by atoms with Crippen LogP contribution >= 0.6 is 24.0 Å². The average Bonchev–Trinajstić information content (AvgIpc) is 3.44. The first kappa shape index (κ1) is 25.7. The summed E-state index contributed by atoms with van der Waals surface area (Å²) in [7, 11) is 0. The van der Waals surface area contributed by atoms with Crippen LogP contribution in [-0.4, -0.2) is 81.0 Å². The smallest absolute Gasteiger partial charge is 0.193 e. The van der Waals surface area contributed by atoms with E-state index in [0.717, 1.165) is 90.9 Å². The molecule has 32 heavy (non-hydrogen) atoms. The Kier molecular flexibility index (Phi) is 10.5. The fraction of sp³-hybridized carbons (Fsp3) is 0.720. The number of nitrogens with zero attached hydrogens (tertiary/aromatic N) is 3. The van der Waals surface area contributed by atoms with Gasteiger partial charge in [0, 0.05) is 64.4 Å². The number of hydrogen-bond donors (Lipinski definition) is 1. The van der Waals surface area contributed by atoms with Crippen molar-refractivity contribution in [2.24, 2.45) is 10.4 Å². The zero-order chi connectivity index (χ0) is 21.4. The normalized spacial score (nSPS) is 24.8. The van der Waals surface area contributed by atoms with Gasteiger partial charge in [0.15, 0.2) is 5.96 Å². The molecule has 3 aliphatic rings. The standard InChI is InChI=1S/C25H40N4O2.HI/c1-2-26-24(29-16-11-25(20-29)12-18-30-21-25)27-13-6-17-31-23-9-14-28(15-10-23)19-22-7-4-3-5-8-22;/h3-5,7-8,23H,2,6,9-21H2,1H3,(H,26,27);1H. The highest BCUT2D eigenvalue weighted by Crippen LogP contribution is 2.38. The van der Waals surface area contributed by atoms with Crippen molar-refractivity contribution in [3.63, 3.8) is 0 Å². The number of likely N-dealkylation sites (tertiary alicyclic amines) is 2. The molecule has 0 amide bonds. The Morgan fingerprint density at radius 1 is 1.19 bits per heavy atom. The molecule has 4 rings (SSSR count). The lowest BCUT2D eigenvalue weighted by molar-refractivity contribution is 0.00564. The molecule has 180 valence electrons. The molecule has 3 fully saturated rings. The maximum atomic E-state index is 6.18. The molecule has 7 heteroatoms. The molecular weight excluding hydrogens is 515 g/mol. The summed E-state index contributed by atoms with van der Waals surface area (Å²) in [6.45, 7) is 12.0. The summed E-state index contributed by atoms with van der Waals surface area (Å²) >= 11 is 0. The van der Waals surface area contributed by atoms with E-state index < -0.39 is 0 Å². The predicted octanol–water partition coefficient (Wildman–Crippen LogP) is 3.75. The van der Waals surface area contributed by atoms with Crippen LogP contribution in [0.15, 0.2) is 35.3 Å². The summed E-state index contributed by atoms with van der Waals surface area (Å²) in [5, 5.41) is 3.48. The lowest BCUT2D eigenvalue weighted by atomic mass is 9.87. The summed E-state index contributed by atoms with van der Waals surface area (Å²) < 4.78 is 11.8. The molecule has 0 aliphatic carbocycles. The molecule has 1 aromatic carbocycles. The molecule has 1 N–H and O–H groups in total. The molecule has 0 saturated carbocycles. The number of hydrogen-bond acceptors (Lipinski definition) is 4. The van der Waals surface area contributed by atoms with Gasteiger partial charge in [-0.15, -0.1) is 24.0 Å². The summed E-state index contributed by atoms with van der Waals surface area (Å²) in [5.74, 6) is 1.07. The topological polar surface area (TPSA) is 49.3 Å². The zero-order valence-corrected chi connectivity index (χ0v) is 22.0. The molecule has 3 saturated heterocycles. The number of rotatable bonds is 8. The van der Waals surface area contributed by atoms with E-state index in [1.54, 1.807) is 0 Å². The molecule has 0 radical (unpaired) electrons. The summed E-state index contributed by atoms with van der Waals surface area (Å²) in [4.78, 5) is 9.87. The lowest BCUT2D eigenvalue weighted by Gasteiger charge is -2.32. The molecule has 1 atom stereocenters. The highest BCUT2D eigenvalue weighted by atomic mass is 127. The van der Waals surface area contributed by atoms with Gasteiger partial charge in [-0.25, -0.2) is 0 Å². The minimum Gasteiger partial charge on any atom is -0.381 e. The number of benzene rings is 1. The monoisotopic (exact) mass is 556 g/mol. The summed E-state index contributed by atoms with van der Waals surface area (Å²) in [6.07, 6.45) is 6.09. The average molecular weight is 557 g/mol. The van der Waals surface area contributed by atoms with E-state index in [4.69, 9.17) is 14.5 Å². The lowest BCUT2D eigenvalue weighted by Crippen LogP contribution is -2.41. The molecule has 1 unspecified atom stereocenters. The fourth-order valence-corrected chi connectivity index (χ4v) is 5.09. The molecule has 1 spiro atoms. The number of halogens is 1. The molecule has 3 aliphatic heterocycles. The first-order valence-electron chi connectivity index (χ1n) is 12.3. The van der Waals surface area contributed by atoms with Crippen molar-refractivity contribution in [2.75, 3.05) is 59.1 Å². The quantitative estimate of drug-likeness (QED) is 0.229. The summed E-state index contributed by atoms with van der Waals surface area (Å²) in [5.41, 5.74) is 1.77. The fourth-order valence-electron chi connectivity index (χ4n) is 5.09. The van der Waals surface area contributed by atoms with Crippen LogP contribution in [0.4, 0.5) is 0 Å². The van der Waals surface area contributed by atoms with Gasteiger partial charge in [-0.2, -0.15) is 0 Å². The third kappa shape index (κ3) is 7.30. The van der Waals surface area contributed by atoms with Crippen LogP contribution in [0.5, 0.6) is 0 Å². The van der Waals surface area contributed by atoms with Crippen LogP contribution in [0.2, 0.25) is 0 Å². The first-order valence-corrected chi connectivity index (χ1v) is 12.3. The Balaban J connectivity index is 0.00000289. The third-order valence-corrected chi connectivity index (χ3v) is 6.96. The highest BCUT2D eigenvalue weighted by Gasteiger charge is 2.42. The van der Waals surface area contributed by atoms with Gasteiger partial charge in [0.2, 0.25) is 0 Å². The Morgan fingerprint density at radius 2 is 2.00 bits per heavy atom. The molecule has 6 nitrogen and oxygen atoms in total. The van der Waals surface area contributed by atoms with Crippen LogP contribution < -0.4 is 5.32 Å². The van der Waals surface area contributed by atoms with Crippen LogP contribution in [0.3, 0.4) is 0 Å². The molecule has 0 aromatic heterocycles. The van der Waals surface area contributed by atoms with E-state index >= 15 is 0 Å². The van der Waals surface area contributed by atoms with Crippen molar-refractivity contribution in [1.29, 1.82) is 0 Å². The number of nitrogens with one attached hydrogen (secondary N) is 1. The second kappa shape index (κ2) is 13.1. The zero-order valence-electron chi connectivity index (χ0n) is 19.6. The summed E-state index contributed by atoms with van der Waals surface area (Å²) in [6, 6.07) is 10.8. The number of ether oxygens (including phenoxy) is 2. The minimum atomic E-state index is 0. The van der Waals surface area contributed by atoms with E-state index in [2.05, 4.69) is 52.4 Å². The Hall–Kier alpha value is -0.900. The second-order valence-electron chi connectivity index (χ2n) is 9.40. The van der Waals surface area contributed by atoms with Crippen molar-refractivity contribution in [3.8, 4) is 0 Å². The van der Waals surface area contributed by atoms with Gasteiger partial charge < -0.3 is 19.7 Å². The van der Waals surface area contributed by atoms with E-state index in [1.165, 1.54) is 18.4 Å². The van der Waals surface area contributed by atoms with Gasteiger partial charge in [0.05, 0.1) is 12.7 Å². The Bertz CT molecular complexity index is 688. The Labute approximate surface area is 211 Å². The van der Waals surface area contributed by atoms with Crippen LogP contribution in [-0.2, 0) is 16.0 Å². The van der Waals surface area contributed by atoms with Gasteiger partial charge in [-0.1, -0.05) is 30.3 Å². The van der Waals surface area contributed by atoms with E-state index in [0.29, 0.717) is 11.5 Å². The van der Waals surface area contributed by atoms with Gasteiger partial charge in [-0.3, -0.25) is 9.89 Å². The van der Waals surface area contributed by atoms with Gasteiger partial charge in [-0.05, 0) is 44.6 Å². The maximum Gasteiger partial charge on any atom is 0.193 e. The van der Waals surface area contributed by atoms with Gasteiger partial charge in [0.25, 0.3) is 0 Å². The van der Waals surface area contributed by atoms with Gasteiger partial charge in [0.1, 0.15) is 0 Å². The third-order valence-electron chi connectivity index (χ3n) is 6.96. The second-order valence-corrected chi connectivity index (χ2v) is 9.40. The number of aliphatic imine (C=N–C) groups is 1. The van der Waals surface area contributed by atoms with Crippen LogP contribution in [0.25, 0.3) is 0 Å². The van der Waals surface area contributed by atoms with Crippen LogP contribution in [0, 0.1) is 5.41 Å². The van der Waals surface area contributed by atoms with Crippen molar-refractivity contribution in [3.05, 3.63) is 35.9 Å². The maximum absolute atomic E-state index is 6.18. The van der Waals surface area contributed by atoms with Crippen molar-refractivity contribution in [2.45, 2.75) is 51.7 Å². The van der Waals surface area contributed by atoms with E-state index in [-0.39, 0.29) is 24.0 Å². The largest absolute Gasteiger partial charge is 0.381 e. The Morgan fingerprint density at radius 3 is 2.72 bits per heavy atom. The highest BCUT2D eigenvalue weighted by molar-refractivity contribution is 14.0.